The molecule has 0 bridgehead atoms. The van der Waals surface area contributed by atoms with Gasteiger partial charge in [-0.15, -0.1) is 0 Å². The van der Waals surface area contributed by atoms with Gasteiger partial charge < -0.3 is 10.4 Å². The predicted molar refractivity (Wildman–Crippen MR) is 83.9 cm³/mol. The van der Waals surface area contributed by atoms with Crippen molar-refractivity contribution < 1.29 is 14.3 Å². The second kappa shape index (κ2) is 7.71. The highest BCUT2D eigenvalue weighted by Crippen LogP contribution is 2.12. The van der Waals surface area contributed by atoms with Gasteiger partial charge in [0.2, 0.25) is 5.91 Å². The lowest BCUT2D eigenvalue weighted by atomic mass is 10.1. The number of carbonyl (C=O) groups excluding carboxylic acids is 1. The van der Waals surface area contributed by atoms with Crippen molar-refractivity contribution in [2.24, 2.45) is 0 Å². The van der Waals surface area contributed by atoms with Gasteiger partial charge in [-0.05, 0) is 36.6 Å². The molecule has 1 unspecified atom stereocenters. The van der Waals surface area contributed by atoms with E-state index in [1.54, 1.807) is 0 Å². The van der Waals surface area contributed by atoms with E-state index >= 15 is 0 Å². The molecule has 1 atom stereocenters. The molecular formula is C18H20FNO2. The van der Waals surface area contributed by atoms with Crippen LogP contribution in [0.2, 0.25) is 0 Å². The molecule has 2 aromatic rings. The van der Waals surface area contributed by atoms with Crippen molar-refractivity contribution >= 4 is 5.91 Å². The number of hydrogen-bond acceptors (Lipinski definition) is 2. The molecule has 0 spiro atoms. The number of benzene rings is 2. The maximum Gasteiger partial charge on any atom is 0.220 e. The van der Waals surface area contributed by atoms with E-state index in [9.17, 15) is 14.3 Å². The number of aliphatic hydroxyl groups is 1. The fourth-order valence-corrected chi connectivity index (χ4v) is 2.23. The van der Waals surface area contributed by atoms with Gasteiger partial charge in [0.1, 0.15) is 5.82 Å². The first-order valence-electron chi connectivity index (χ1n) is 7.30. The van der Waals surface area contributed by atoms with Gasteiger partial charge in [-0.1, -0.05) is 42.0 Å². The van der Waals surface area contributed by atoms with E-state index in [0.29, 0.717) is 18.4 Å². The average Bonchev–Trinajstić information content (AvgIpc) is 2.51. The lowest BCUT2D eigenvalue weighted by molar-refractivity contribution is -0.121. The van der Waals surface area contributed by atoms with Crippen molar-refractivity contribution in [1.29, 1.82) is 0 Å². The van der Waals surface area contributed by atoms with Crippen molar-refractivity contribution in [2.45, 2.75) is 25.9 Å². The van der Waals surface area contributed by atoms with Crippen LogP contribution in [0.15, 0.2) is 48.5 Å². The van der Waals surface area contributed by atoms with Crippen molar-refractivity contribution in [3.8, 4) is 0 Å². The van der Waals surface area contributed by atoms with Crippen LogP contribution < -0.4 is 5.32 Å². The van der Waals surface area contributed by atoms with Crippen LogP contribution in [0.5, 0.6) is 0 Å². The lowest BCUT2D eigenvalue weighted by Gasteiger charge is -2.12. The lowest BCUT2D eigenvalue weighted by Crippen LogP contribution is -2.28. The quantitative estimate of drug-likeness (QED) is 0.862. The van der Waals surface area contributed by atoms with E-state index < -0.39 is 6.10 Å². The zero-order valence-electron chi connectivity index (χ0n) is 12.6. The molecule has 0 aliphatic rings. The maximum absolute atomic E-state index is 12.8. The molecular weight excluding hydrogens is 281 g/mol. The number of aryl methyl sites for hydroxylation is 2. The Balaban J connectivity index is 1.76. The molecule has 0 saturated heterocycles. The van der Waals surface area contributed by atoms with Gasteiger partial charge in [0, 0.05) is 13.0 Å². The molecule has 3 nitrogen and oxygen atoms in total. The molecule has 116 valence electrons. The summed E-state index contributed by atoms with van der Waals surface area (Å²) in [6.45, 7) is 2.14. The van der Waals surface area contributed by atoms with Crippen LogP contribution in [-0.2, 0) is 11.2 Å². The van der Waals surface area contributed by atoms with E-state index in [1.165, 1.54) is 29.8 Å². The first-order valence-corrected chi connectivity index (χ1v) is 7.30. The smallest absolute Gasteiger partial charge is 0.220 e. The van der Waals surface area contributed by atoms with Crippen LogP contribution in [0.4, 0.5) is 4.39 Å². The van der Waals surface area contributed by atoms with Crippen LogP contribution in [0.1, 0.15) is 29.2 Å². The van der Waals surface area contributed by atoms with E-state index in [1.807, 2.05) is 25.1 Å². The third-order valence-electron chi connectivity index (χ3n) is 3.47. The molecule has 0 aliphatic carbocycles. The third kappa shape index (κ3) is 4.97. The standard InChI is InChI=1S/C18H20FNO2/c1-13-3-2-4-14(11-13)5-10-18(22)20-12-17(21)15-6-8-16(19)9-7-15/h2-4,6-9,11,17,21H,5,10,12H2,1H3,(H,20,22). The molecule has 0 saturated carbocycles. The predicted octanol–water partition coefficient (Wildman–Crippen LogP) is 2.92. The molecule has 0 fully saturated rings. The molecule has 0 aliphatic heterocycles. The van der Waals surface area contributed by atoms with Crippen molar-refractivity contribution in [2.75, 3.05) is 6.54 Å². The molecule has 22 heavy (non-hydrogen) atoms. The number of carbonyl (C=O) groups is 1. The van der Waals surface area contributed by atoms with Gasteiger partial charge in [0.05, 0.1) is 6.10 Å². The Morgan fingerprint density at radius 1 is 1.23 bits per heavy atom. The summed E-state index contributed by atoms with van der Waals surface area (Å²) in [6, 6.07) is 13.6. The normalized spacial score (nSPS) is 12.0. The summed E-state index contributed by atoms with van der Waals surface area (Å²) in [4.78, 5) is 11.8. The van der Waals surface area contributed by atoms with Gasteiger partial charge in [0.25, 0.3) is 0 Å². The summed E-state index contributed by atoms with van der Waals surface area (Å²) in [5.74, 6) is -0.458. The fraction of sp³-hybridized carbons (Fsp3) is 0.278. The Morgan fingerprint density at radius 2 is 1.95 bits per heavy atom. The second-order valence-corrected chi connectivity index (χ2v) is 5.36. The molecule has 0 radical (unpaired) electrons. The van der Waals surface area contributed by atoms with Gasteiger partial charge in [-0.2, -0.15) is 0 Å². The molecule has 4 heteroatoms. The summed E-state index contributed by atoms with van der Waals surface area (Å²) in [5, 5.41) is 12.6. The van der Waals surface area contributed by atoms with E-state index in [-0.39, 0.29) is 18.3 Å². The monoisotopic (exact) mass is 301 g/mol. The summed E-state index contributed by atoms with van der Waals surface area (Å²) >= 11 is 0. The molecule has 2 aromatic carbocycles. The minimum Gasteiger partial charge on any atom is -0.387 e. The molecule has 0 heterocycles. The number of hydrogen-bond donors (Lipinski definition) is 2. The topological polar surface area (TPSA) is 49.3 Å². The highest BCUT2D eigenvalue weighted by Gasteiger charge is 2.09. The van der Waals surface area contributed by atoms with Crippen LogP contribution >= 0.6 is 0 Å². The van der Waals surface area contributed by atoms with Crippen LogP contribution in [0.25, 0.3) is 0 Å². The summed E-state index contributed by atoms with van der Waals surface area (Å²) in [5.41, 5.74) is 2.87. The van der Waals surface area contributed by atoms with Crippen LogP contribution in [0.3, 0.4) is 0 Å². The highest BCUT2D eigenvalue weighted by molar-refractivity contribution is 5.76. The number of halogens is 1. The maximum atomic E-state index is 12.8. The van der Waals surface area contributed by atoms with Crippen molar-refractivity contribution in [3.63, 3.8) is 0 Å². The minimum absolute atomic E-state index is 0.109. The molecule has 2 rings (SSSR count). The largest absolute Gasteiger partial charge is 0.387 e. The van der Waals surface area contributed by atoms with Crippen molar-refractivity contribution in [1.82, 2.24) is 5.32 Å². The van der Waals surface area contributed by atoms with Crippen LogP contribution in [-0.4, -0.2) is 17.6 Å². The molecule has 2 N–H and O–H groups in total. The highest BCUT2D eigenvalue weighted by atomic mass is 19.1. The molecule has 0 aromatic heterocycles. The number of rotatable bonds is 6. The average molecular weight is 301 g/mol. The zero-order valence-corrected chi connectivity index (χ0v) is 12.6. The Bertz CT molecular complexity index is 625. The first-order chi connectivity index (χ1) is 10.5. The van der Waals surface area contributed by atoms with Gasteiger partial charge in [-0.25, -0.2) is 4.39 Å². The van der Waals surface area contributed by atoms with Crippen LogP contribution in [0, 0.1) is 12.7 Å². The minimum atomic E-state index is -0.830. The number of amides is 1. The van der Waals surface area contributed by atoms with Gasteiger partial charge >= 0.3 is 0 Å². The van der Waals surface area contributed by atoms with E-state index in [0.717, 1.165) is 5.56 Å². The Morgan fingerprint density at radius 3 is 2.64 bits per heavy atom. The van der Waals surface area contributed by atoms with Gasteiger partial charge in [-0.3, -0.25) is 4.79 Å². The summed E-state index contributed by atoms with van der Waals surface area (Å²) < 4.78 is 12.8. The fourth-order valence-electron chi connectivity index (χ4n) is 2.23. The molecule has 1 amide bonds. The SMILES string of the molecule is Cc1cccc(CCC(=O)NCC(O)c2ccc(F)cc2)c1. The van der Waals surface area contributed by atoms with Crippen molar-refractivity contribution in [3.05, 3.63) is 71.0 Å². The second-order valence-electron chi connectivity index (χ2n) is 5.36. The van der Waals surface area contributed by atoms with E-state index in [2.05, 4.69) is 11.4 Å². The Kier molecular flexibility index (Phi) is 5.67. The van der Waals surface area contributed by atoms with E-state index in [4.69, 9.17) is 0 Å². The summed E-state index contributed by atoms with van der Waals surface area (Å²) in [6.07, 6.45) is 0.211. The Hall–Kier alpha value is -2.20. The van der Waals surface area contributed by atoms with Gasteiger partial charge in [0.15, 0.2) is 0 Å². The summed E-state index contributed by atoms with van der Waals surface area (Å²) in [7, 11) is 0. The number of aliphatic hydroxyl groups excluding tert-OH is 1. The first kappa shape index (κ1) is 16.2. The zero-order chi connectivity index (χ0) is 15.9. The number of nitrogens with one attached hydrogen (secondary N) is 1. The Labute approximate surface area is 129 Å². The third-order valence-corrected chi connectivity index (χ3v) is 3.47.